The fourth-order valence-corrected chi connectivity index (χ4v) is 7.66. The molecule has 1 aliphatic heterocycles. The minimum absolute atomic E-state index is 0.0496. The summed E-state index contributed by atoms with van der Waals surface area (Å²) in [5, 5.41) is 14.8. The van der Waals surface area contributed by atoms with Crippen LogP contribution in [-0.4, -0.2) is 68.3 Å². The van der Waals surface area contributed by atoms with Crippen LogP contribution < -0.4 is 21.1 Å². The molecule has 0 spiro atoms. The van der Waals surface area contributed by atoms with Crippen LogP contribution in [0, 0.1) is 17.6 Å². The third-order valence-electron chi connectivity index (χ3n) is 8.33. The van der Waals surface area contributed by atoms with Gasteiger partial charge in [0, 0.05) is 17.8 Å². The number of methoxy groups -OCH3 is 2. The Hall–Kier alpha value is -5.25. The van der Waals surface area contributed by atoms with Crippen molar-refractivity contribution >= 4 is 45.1 Å². The zero-order valence-corrected chi connectivity index (χ0v) is 26.6. The number of carboxylic acids is 1. The van der Waals surface area contributed by atoms with Crippen LogP contribution in [0.2, 0.25) is 0 Å². The van der Waals surface area contributed by atoms with Gasteiger partial charge in [-0.15, -0.1) is 0 Å². The Morgan fingerprint density at radius 3 is 2.31 bits per heavy atom. The lowest BCUT2D eigenvalue weighted by Gasteiger charge is -2.33. The Morgan fingerprint density at radius 2 is 1.69 bits per heavy atom. The van der Waals surface area contributed by atoms with Crippen molar-refractivity contribution in [2.24, 2.45) is 11.7 Å². The molecule has 1 heterocycles. The van der Waals surface area contributed by atoms with Gasteiger partial charge in [0.25, 0.3) is 0 Å². The van der Waals surface area contributed by atoms with E-state index in [9.17, 15) is 37.1 Å². The summed E-state index contributed by atoms with van der Waals surface area (Å²) < 4.78 is 66.6. The maximum absolute atomic E-state index is 15.1. The molecule has 2 aliphatic rings. The second kappa shape index (κ2) is 13.5. The molecule has 254 valence electrons. The average molecular weight is 687 g/mol. The maximum atomic E-state index is 15.1. The molecule has 3 aromatic rings. The minimum atomic E-state index is -3.98. The minimum Gasteiger partial charge on any atom is -0.494 e. The van der Waals surface area contributed by atoms with Crippen molar-refractivity contribution in [3.8, 4) is 5.75 Å². The van der Waals surface area contributed by atoms with Crippen LogP contribution >= 0.6 is 0 Å². The third kappa shape index (κ3) is 6.74. The number of halogens is 2. The number of amides is 3. The number of ether oxygens (including phenoxy) is 2. The highest BCUT2D eigenvalue weighted by molar-refractivity contribution is 7.92. The molecular weight excluding hydrogens is 654 g/mol. The number of nitrogens with two attached hydrogens (primary N) is 1. The summed E-state index contributed by atoms with van der Waals surface area (Å²) in [4.78, 5) is 52.1. The van der Waals surface area contributed by atoms with E-state index in [0.29, 0.717) is 12.8 Å². The summed E-state index contributed by atoms with van der Waals surface area (Å²) in [6.07, 6.45) is -0.168. The van der Waals surface area contributed by atoms with E-state index in [1.165, 1.54) is 37.4 Å². The number of likely N-dealkylation sites (tertiary alicyclic amines) is 1. The monoisotopic (exact) mass is 686 g/mol. The fourth-order valence-electron chi connectivity index (χ4n) is 5.78. The Labute approximate surface area is 273 Å². The van der Waals surface area contributed by atoms with Crippen molar-refractivity contribution < 1.29 is 51.0 Å². The highest BCUT2D eigenvalue weighted by Gasteiger charge is 2.48. The van der Waals surface area contributed by atoms with Crippen LogP contribution in [0.1, 0.15) is 52.8 Å². The average Bonchev–Trinajstić information content (AvgIpc) is 3.83. The highest BCUT2D eigenvalue weighted by Crippen LogP contribution is 2.45. The molecule has 2 fully saturated rings. The van der Waals surface area contributed by atoms with Crippen LogP contribution in [0.15, 0.2) is 59.5 Å². The Balaban J connectivity index is 1.67. The Morgan fingerprint density at radius 1 is 0.979 bits per heavy atom. The van der Waals surface area contributed by atoms with Crippen molar-refractivity contribution in [2.75, 3.05) is 31.4 Å². The molecule has 0 unspecified atom stereocenters. The number of hydrogen-bond donors (Lipinski definition) is 4. The number of carbonyl (C=O) groups excluding carboxylic acids is 3. The summed E-state index contributed by atoms with van der Waals surface area (Å²) >= 11 is 0. The normalized spacial score (nSPS) is 18.1. The standard InChI is InChI=1S/C32H32F2N4O9S/c1-46-25-14-16(3-9-23(25)34)27(37-24-13-17(29(35)39)4-8-22(24)33)30(40)38-12-11-20(31(41)42)28(38)21-15-18(36-32(43)47-2)5-10-26(21)48(44,45)19-6-7-19/h3-5,8-10,13-15,19-20,27-28,37H,6-7,11-12H2,1-2H3,(H2,35,39)(H,36,43)(H,41,42)/t20-,27-,28-/m1/s1. The van der Waals surface area contributed by atoms with Gasteiger partial charge in [0.05, 0.1) is 42.0 Å². The van der Waals surface area contributed by atoms with Gasteiger partial charge in [-0.3, -0.25) is 19.7 Å². The number of nitrogens with zero attached hydrogens (tertiary/aromatic N) is 1. The predicted octanol–water partition coefficient (Wildman–Crippen LogP) is 4.01. The lowest BCUT2D eigenvalue weighted by molar-refractivity contribution is -0.143. The molecule has 16 heteroatoms. The first-order valence-corrected chi connectivity index (χ1v) is 16.3. The number of carbonyl (C=O) groups is 4. The van der Waals surface area contributed by atoms with E-state index in [-0.39, 0.29) is 51.7 Å². The van der Waals surface area contributed by atoms with E-state index >= 15 is 4.39 Å². The predicted molar refractivity (Wildman–Crippen MR) is 167 cm³/mol. The van der Waals surface area contributed by atoms with Crippen molar-refractivity contribution in [1.29, 1.82) is 0 Å². The van der Waals surface area contributed by atoms with Crippen LogP contribution in [0.25, 0.3) is 0 Å². The molecule has 1 saturated carbocycles. The molecule has 0 radical (unpaired) electrons. The quantitative estimate of drug-likeness (QED) is 0.229. The van der Waals surface area contributed by atoms with Crippen LogP contribution in [0.5, 0.6) is 5.75 Å². The van der Waals surface area contributed by atoms with Crippen molar-refractivity contribution in [2.45, 2.75) is 41.5 Å². The van der Waals surface area contributed by atoms with E-state index in [1.54, 1.807) is 0 Å². The van der Waals surface area contributed by atoms with Crippen LogP contribution in [-0.2, 0) is 24.2 Å². The van der Waals surface area contributed by atoms with E-state index < -0.39 is 68.6 Å². The van der Waals surface area contributed by atoms with E-state index in [4.69, 9.17) is 10.5 Å². The van der Waals surface area contributed by atoms with Crippen molar-refractivity contribution in [3.63, 3.8) is 0 Å². The van der Waals surface area contributed by atoms with Crippen molar-refractivity contribution in [3.05, 3.63) is 82.9 Å². The smallest absolute Gasteiger partial charge is 0.411 e. The highest BCUT2D eigenvalue weighted by atomic mass is 32.2. The lowest BCUT2D eigenvalue weighted by Crippen LogP contribution is -2.40. The molecule has 1 aliphatic carbocycles. The number of aliphatic carboxylic acids is 1. The van der Waals surface area contributed by atoms with Gasteiger partial charge in [0.15, 0.2) is 21.4 Å². The van der Waals surface area contributed by atoms with E-state index in [0.717, 1.165) is 36.3 Å². The summed E-state index contributed by atoms with van der Waals surface area (Å²) in [6, 6.07) is 7.61. The van der Waals surface area contributed by atoms with Gasteiger partial charge in [0.1, 0.15) is 11.9 Å². The zero-order chi connectivity index (χ0) is 34.9. The summed E-state index contributed by atoms with van der Waals surface area (Å²) in [6.45, 7) is -0.168. The van der Waals surface area contributed by atoms with Crippen LogP contribution in [0.3, 0.4) is 0 Å². The first-order chi connectivity index (χ1) is 22.8. The molecule has 0 aromatic heterocycles. The molecule has 0 bridgehead atoms. The van der Waals surface area contributed by atoms with Crippen molar-refractivity contribution in [1.82, 2.24) is 4.90 Å². The number of carboxylic acid groups (broad SMARTS) is 1. The molecule has 48 heavy (non-hydrogen) atoms. The largest absolute Gasteiger partial charge is 0.494 e. The van der Waals surface area contributed by atoms with Gasteiger partial charge in [-0.2, -0.15) is 0 Å². The number of sulfone groups is 1. The van der Waals surface area contributed by atoms with Gasteiger partial charge >= 0.3 is 12.1 Å². The van der Waals surface area contributed by atoms with E-state index in [2.05, 4.69) is 15.4 Å². The van der Waals surface area contributed by atoms with Gasteiger partial charge in [-0.25, -0.2) is 22.0 Å². The van der Waals surface area contributed by atoms with Gasteiger partial charge in [-0.05, 0) is 78.9 Å². The molecule has 3 aromatic carbocycles. The summed E-state index contributed by atoms with van der Waals surface area (Å²) in [7, 11) is -1.65. The summed E-state index contributed by atoms with van der Waals surface area (Å²) in [5.74, 6) is -6.20. The Kier molecular flexibility index (Phi) is 9.57. The number of hydrogen-bond acceptors (Lipinski definition) is 9. The second-order valence-corrected chi connectivity index (χ2v) is 13.6. The third-order valence-corrected chi connectivity index (χ3v) is 10.7. The molecule has 5 rings (SSSR count). The number of rotatable bonds is 11. The molecule has 3 amide bonds. The topological polar surface area (TPSA) is 194 Å². The first-order valence-electron chi connectivity index (χ1n) is 14.7. The lowest BCUT2D eigenvalue weighted by atomic mass is 9.92. The molecule has 5 N–H and O–H groups in total. The zero-order valence-electron chi connectivity index (χ0n) is 25.7. The fraction of sp³-hybridized carbons (Fsp3) is 0.312. The molecule has 1 saturated heterocycles. The molecule has 13 nitrogen and oxygen atoms in total. The van der Waals surface area contributed by atoms with Crippen LogP contribution in [0.4, 0.5) is 25.0 Å². The van der Waals surface area contributed by atoms with E-state index in [1.807, 2.05) is 0 Å². The number of nitrogens with one attached hydrogen (secondary N) is 2. The molecule has 3 atom stereocenters. The molecular formula is C32H32F2N4O9S. The Bertz CT molecular complexity index is 1900. The SMILES string of the molecule is COC(=O)Nc1ccc(S(=O)(=O)C2CC2)c([C@H]2[C@H](C(=O)O)CCN2C(=O)[C@H](Nc2cc(C(N)=O)ccc2F)c2ccc(F)c(OC)c2)c1. The van der Waals surface area contributed by atoms with Gasteiger partial charge in [-0.1, -0.05) is 6.07 Å². The summed E-state index contributed by atoms with van der Waals surface area (Å²) in [5.41, 5.74) is 5.08. The maximum Gasteiger partial charge on any atom is 0.411 e. The first kappa shape index (κ1) is 34.1. The number of benzene rings is 3. The number of primary amides is 1. The number of anilines is 2. The second-order valence-electron chi connectivity index (χ2n) is 11.4. The van der Waals surface area contributed by atoms with Gasteiger partial charge in [0.2, 0.25) is 11.8 Å². The van der Waals surface area contributed by atoms with Gasteiger partial charge < -0.3 is 30.5 Å².